The Balaban J connectivity index is -0.0000000712. The van der Waals surface area contributed by atoms with Crippen LogP contribution < -0.4 is 10.2 Å². The lowest BCUT2D eigenvalue weighted by Gasteiger charge is -2.15. The second-order valence-electron chi connectivity index (χ2n) is 10.4. The molecule has 0 fully saturated rings. The number of halogens is 4. The lowest BCUT2D eigenvalue weighted by molar-refractivity contribution is 0.0989. The van der Waals surface area contributed by atoms with E-state index in [1.54, 1.807) is 27.3 Å². The Bertz CT molecular complexity index is 1100. The minimum absolute atomic E-state index is 0.382. The molecule has 0 spiro atoms. The Kier molecular flexibility index (Phi) is 44.6. The van der Waals surface area contributed by atoms with E-state index in [4.69, 9.17) is 62.3 Å². The summed E-state index contributed by atoms with van der Waals surface area (Å²) in [5.41, 5.74) is -3.45. The van der Waals surface area contributed by atoms with Crippen molar-refractivity contribution in [3.63, 3.8) is 0 Å². The highest BCUT2D eigenvalue weighted by Gasteiger charge is 2.39. The van der Waals surface area contributed by atoms with E-state index < -0.39 is 66.1 Å². The molecule has 0 heterocycles. The first-order valence-corrected chi connectivity index (χ1v) is 34.6. The van der Waals surface area contributed by atoms with Crippen molar-refractivity contribution < 1.29 is 79.8 Å². The van der Waals surface area contributed by atoms with Crippen molar-refractivity contribution in [1.82, 2.24) is 10.2 Å². The van der Waals surface area contributed by atoms with Gasteiger partial charge in [0.25, 0.3) is 14.9 Å². The number of rotatable bonds is 8. The maximum absolute atomic E-state index is 11.7. The van der Waals surface area contributed by atoms with E-state index in [2.05, 4.69) is 54.6 Å². The average Bonchev–Trinajstić information content (AvgIpc) is 2.86. The summed E-state index contributed by atoms with van der Waals surface area (Å²) in [6, 6.07) is 0. The molecule has 0 bridgehead atoms. The molecule has 0 saturated heterocycles. The van der Waals surface area contributed by atoms with E-state index in [9.17, 15) is 31.6 Å². The van der Waals surface area contributed by atoms with Gasteiger partial charge in [-0.3, -0.25) is 27.9 Å². The first-order valence-electron chi connectivity index (χ1n) is 13.5. The van der Waals surface area contributed by atoms with Crippen LogP contribution in [-0.4, -0.2) is 143 Å². The molecular weight excluding hydrogens is 961 g/mol. The zero-order valence-corrected chi connectivity index (χ0v) is 43.3. The Morgan fingerprint density at radius 3 is 0.788 bits per heavy atom. The second kappa shape index (κ2) is 31.9. The van der Waals surface area contributed by atoms with Crippen molar-refractivity contribution in [2.24, 2.45) is 0 Å². The number of hydrogen-bond acceptors (Lipinski definition) is 10. The van der Waals surface area contributed by atoms with Gasteiger partial charge < -0.3 is 48.2 Å². The Morgan fingerprint density at radius 2 is 0.788 bits per heavy atom. The number of alkyl halides is 4. The van der Waals surface area contributed by atoms with Crippen molar-refractivity contribution in [2.45, 2.75) is 37.4 Å². The van der Waals surface area contributed by atoms with Gasteiger partial charge in [0.15, 0.2) is 17.9 Å². The Hall–Kier alpha value is 3.06. The van der Waals surface area contributed by atoms with Gasteiger partial charge >= 0.3 is 13.3 Å². The Labute approximate surface area is 334 Å². The molecule has 10 N–H and O–H groups in total. The van der Waals surface area contributed by atoms with Gasteiger partial charge in [-0.25, -0.2) is 5.09 Å². The molecule has 0 amide bonds. The molecule has 0 aromatic heterocycles. The molecule has 17 nitrogen and oxygen atoms in total. The van der Waals surface area contributed by atoms with Crippen molar-refractivity contribution in [2.75, 3.05) is 94.0 Å². The molecule has 0 aromatic carbocycles. The lowest BCUT2D eigenvalue weighted by atomic mass is 10.9. The minimum atomic E-state index is -4.18. The number of nitrogens with one attached hydrogen (secondary N) is 2. The molecule has 0 aliphatic carbocycles. The zero-order valence-electron chi connectivity index (χ0n) is 32.2. The van der Waals surface area contributed by atoms with E-state index in [-0.39, 0.29) is 0 Å². The van der Waals surface area contributed by atoms with E-state index >= 15 is 0 Å². The predicted molar refractivity (Wildman–Crippen MR) is 230 cm³/mol. The van der Waals surface area contributed by atoms with Crippen molar-refractivity contribution >= 4 is 115 Å². The smallest absolute Gasteiger partial charge is 0.324 e. The zero-order chi connectivity index (χ0) is 45.2. The molecule has 52 heavy (non-hydrogen) atoms. The maximum atomic E-state index is 11.7. The van der Waals surface area contributed by atoms with E-state index in [1.165, 1.54) is 48.2 Å². The molecule has 32 heteroatoms. The highest BCUT2D eigenvalue weighted by molar-refractivity contribution is 8.11. The van der Waals surface area contributed by atoms with Gasteiger partial charge in [-0.2, -0.15) is 8.78 Å². The van der Waals surface area contributed by atoms with Gasteiger partial charge in [0, 0.05) is 74.0 Å². The molecule has 0 rings (SSSR count). The van der Waals surface area contributed by atoms with Crippen LogP contribution >= 0.6 is 79.6 Å². The van der Waals surface area contributed by atoms with Crippen LogP contribution in [0.3, 0.4) is 0 Å². The highest BCUT2D eigenvalue weighted by atomic mass is 35.5. The summed E-state index contributed by atoms with van der Waals surface area (Å²) in [5.74, 6) is 0. The molecule has 0 aliphatic rings. The molecule has 0 radical (unpaired) electrons. The third-order valence-electron chi connectivity index (χ3n) is 4.14. The topological polar surface area (TPSA) is 290 Å². The fraction of sp³-hybridized carbons (Fsp3) is 1.00. The lowest BCUT2D eigenvalue weighted by Crippen LogP contribution is -2.08. The molecule has 0 aromatic rings. The van der Waals surface area contributed by atoms with E-state index in [0.29, 0.717) is 19.8 Å². The summed E-state index contributed by atoms with van der Waals surface area (Å²) in [6.07, 6.45) is -2.74. The van der Waals surface area contributed by atoms with Gasteiger partial charge in [-0.15, -0.1) is 0 Å². The summed E-state index contributed by atoms with van der Waals surface area (Å²) >= 11 is 24.1. The van der Waals surface area contributed by atoms with Gasteiger partial charge in [0.2, 0.25) is 7.37 Å². The van der Waals surface area contributed by atoms with E-state index in [0.717, 1.165) is 19.5 Å². The summed E-state index contributed by atoms with van der Waals surface area (Å²) in [7, 11) is -10.5. The van der Waals surface area contributed by atoms with Gasteiger partial charge in [-0.05, 0) is 45.7 Å². The standard InChI is InChI=1S/C3H7Cl2O2P.C3H7F2O2P.C3H9O2P.C3H9OPS.C2H8NO2P.C2H8NOPS.C2H7O3P.C2H7O2PS/c2*1-3(4,5)8(2,6)7;1-3-6(2,4)5;1-3-5(2,4)6;1-3-6(2,4)5;1-3-5(2,4)6;1-5-6(2,3)4;1-4-5(2,3)6/h2*1-2H3,(H,6,7);3H2,1-2H3,(H,4,5);3H2,1-2H3,(H,4,6);1-2H3,(H2,3,4,5);1-2H3,(H2,3,4,6);1-2H3,(H,3,4);1-2H3,(H,3,6). The number of hydrogen-bond donors (Lipinski definition) is 10. The fourth-order valence-electron chi connectivity index (χ4n) is 0. The molecule has 8 unspecified atom stereocenters. The molecule has 0 saturated carbocycles. The van der Waals surface area contributed by atoms with Crippen LogP contribution in [-0.2, 0) is 67.3 Å². The quantitative estimate of drug-likeness (QED) is 0.0901. The Morgan fingerprint density at radius 1 is 0.635 bits per heavy atom. The second-order valence-corrected chi connectivity index (χ2v) is 38.1. The van der Waals surface area contributed by atoms with E-state index in [1.807, 2.05) is 6.92 Å². The first kappa shape index (κ1) is 72.7. The monoisotopic (exact) mass is 1020 g/mol. The maximum Gasteiger partial charge on any atom is 0.324 e. The summed E-state index contributed by atoms with van der Waals surface area (Å²) in [6.45, 7) is 13.3. The largest absolute Gasteiger partial charge is 0.365 e. The van der Waals surface area contributed by atoms with Crippen LogP contribution in [0.2, 0.25) is 0 Å². The average molecular weight is 1020 g/mol. The van der Waals surface area contributed by atoms with Crippen LogP contribution in [0.15, 0.2) is 0 Å². The molecule has 0 aliphatic heterocycles. The van der Waals surface area contributed by atoms with Crippen molar-refractivity contribution in [3.05, 3.63) is 0 Å². The first-order chi connectivity index (χ1) is 21.9. The summed E-state index contributed by atoms with van der Waals surface area (Å²) in [4.78, 5) is 67.5. The van der Waals surface area contributed by atoms with Gasteiger partial charge in [-0.1, -0.05) is 60.7 Å². The SMILES string of the molecule is CC(Cl)(Cl)P(C)(=O)O.CC(F)(F)P(C)(=O)O.CCP(C)(=O)O.CCP(C)(O)=S.CNP(C)(=O)O.CNP(C)(O)=S.COP(C)(=O)O.COP(C)(O)=S. The van der Waals surface area contributed by atoms with Crippen LogP contribution in [0.5, 0.6) is 0 Å². The van der Waals surface area contributed by atoms with Gasteiger partial charge in [0.1, 0.15) is 6.42 Å². The molecule has 8 atom stereocenters. The minimum Gasteiger partial charge on any atom is -0.365 e. The summed E-state index contributed by atoms with van der Waals surface area (Å²) < 4.78 is 81.0. The normalized spacial score (nSPS) is 19.9. The van der Waals surface area contributed by atoms with Crippen molar-refractivity contribution in [1.29, 1.82) is 0 Å². The fourth-order valence-corrected chi connectivity index (χ4v) is 0. The third-order valence-corrected chi connectivity index (χ3v) is 16.1. The highest BCUT2D eigenvalue weighted by Crippen LogP contribution is 2.56. The van der Waals surface area contributed by atoms with Crippen molar-refractivity contribution in [3.8, 4) is 0 Å². The molecule has 328 valence electrons. The predicted octanol–water partition coefficient (Wildman–Crippen LogP) is 6.64. The van der Waals surface area contributed by atoms with Gasteiger partial charge in [0.05, 0.1) is 6.26 Å². The van der Waals surface area contributed by atoms with Crippen LogP contribution in [0.1, 0.15) is 27.7 Å². The van der Waals surface area contributed by atoms with Crippen LogP contribution in [0.25, 0.3) is 0 Å². The van der Waals surface area contributed by atoms with Crippen LogP contribution in [0.4, 0.5) is 8.78 Å². The summed E-state index contributed by atoms with van der Waals surface area (Å²) in [5, 5.41) is 4.80. The molecular formula is C20H62Cl2F2N2O15P8S3. The van der Waals surface area contributed by atoms with Crippen LogP contribution in [0, 0.1) is 0 Å². The third kappa shape index (κ3) is 94.3.